The largest absolute Gasteiger partial charge is 0.296 e. The first-order chi connectivity index (χ1) is 4.29. The molecule has 2 fully saturated rings. The van der Waals surface area contributed by atoms with Crippen LogP contribution < -0.4 is 0 Å². The number of hydrogen-bond donors (Lipinski definition) is 0. The predicted octanol–water partition coefficient (Wildman–Crippen LogP) is 1.32. The number of hydrogen-bond acceptors (Lipinski definition) is 1. The van der Waals surface area contributed by atoms with Crippen LogP contribution in [0.1, 0.15) is 19.3 Å². The Morgan fingerprint density at radius 3 is 2.56 bits per heavy atom. The molecule has 1 unspecified atom stereocenters. The molecule has 0 saturated heterocycles. The van der Waals surface area contributed by atoms with Crippen molar-refractivity contribution in [1.29, 1.82) is 0 Å². The molecule has 2 aliphatic rings. The van der Waals surface area contributed by atoms with Gasteiger partial charge in [-0.2, -0.15) is 0 Å². The Kier molecular flexibility index (Phi) is 0.930. The molecule has 0 amide bonds. The summed E-state index contributed by atoms with van der Waals surface area (Å²) in [6.45, 7) is 0. The fraction of sp³-hybridized carbons (Fsp3) is 0.857. The van der Waals surface area contributed by atoms with Crippen LogP contribution >= 0.6 is 0 Å². The van der Waals surface area contributed by atoms with Crippen molar-refractivity contribution in [1.82, 2.24) is 0 Å². The number of alkyl halides is 1. The molecular formula is C7H9FO. The second-order valence-electron chi connectivity index (χ2n) is 3.07. The molecule has 0 aromatic heterocycles. The summed E-state index contributed by atoms with van der Waals surface area (Å²) in [6, 6.07) is 0. The van der Waals surface area contributed by atoms with Crippen LogP contribution in [-0.4, -0.2) is 12.0 Å². The second-order valence-corrected chi connectivity index (χ2v) is 3.07. The van der Waals surface area contributed by atoms with Crippen LogP contribution in [0, 0.1) is 11.8 Å². The van der Waals surface area contributed by atoms with Gasteiger partial charge in [0.1, 0.15) is 0 Å². The molecule has 0 aromatic rings. The van der Waals surface area contributed by atoms with E-state index in [1.165, 1.54) is 0 Å². The molecule has 2 heteroatoms. The van der Waals surface area contributed by atoms with Gasteiger partial charge >= 0.3 is 0 Å². The van der Waals surface area contributed by atoms with E-state index >= 15 is 0 Å². The Morgan fingerprint density at radius 2 is 2.22 bits per heavy atom. The van der Waals surface area contributed by atoms with Gasteiger partial charge in [-0.25, -0.2) is 4.39 Å². The Labute approximate surface area is 53.2 Å². The van der Waals surface area contributed by atoms with Crippen LogP contribution in [0.25, 0.3) is 0 Å². The van der Waals surface area contributed by atoms with Crippen molar-refractivity contribution in [2.24, 2.45) is 11.8 Å². The second kappa shape index (κ2) is 1.55. The van der Waals surface area contributed by atoms with Gasteiger partial charge < -0.3 is 0 Å². The van der Waals surface area contributed by atoms with Crippen molar-refractivity contribution in [3.8, 4) is 0 Å². The lowest BCUT2D eigenvalue weighted by Crippen LogP contribution is -2.22. The molecule has 0 spiro atoms. The van der Waals surface area contributed by atoms with Gasteiger partial charge in [0.2, 0.25) is 0 Å². The van der Waals surface area contributed by atoms with Gasteiger partial charge in [-0.3, -0.25) is 4.79 Å². The molecule has 2 rings (SSSR count). The number of carbonyl (C=O) groups excluding carboxylic acids is 1. The molecule has 3 atom stereocenters. The van der Waals surface area contributed by atoms with Gasteiger partial charge in [-0.05, 0) is 25.2 Å². The highest BCUT2D eigenvalue weighted by Gasteiger charge is 2.46. The van der Waals surface area contributed by atoms with E-state index < -0.39 is 6.17 Å². The quantitative estimate of drug-likeness (QED) is 0.481. The van der Waals surface area contributed by atoms with Crippen molar-refractivity contribution in [2.45, 2.75) is 25.4 Å². The fourth-order valence-corrected chi connectivity index (χ4v) is 2.00. The van der Waals surface area contributed by atoms with Crippen molar-refractivity contribution in [3.63, 3.8) is 0 Å². The third-order valence-corrected chi connectivity index (χ3v) is 2.56. The van der Waals surface area contributed by atoms with Crippen LogP contribution in [0.5, 0.6) is 0 Å². The highest BCUT2D eigenvalue weighted by molar-refractivity contribution is 5.88. The van der Waals surface area contributed by atoms with Gasteiger partial charge in [0.05, 0.1) is 0 Å². The monoisotopic (exact) mass is 128 g/mol. The Morgan fingerprint density at radius 1 is 1.44 bits per heavy atom. The molecule has 0 radical (unpaired) electrons. The minimum Gasteiger partial charge on any atom is -0.296 e. The fourth-order valence-electron chi connectivity index (χ4n) is 2.00. The maximum absolute atomic E-state index is 12.7. The summed E-state index contributed by atoms with van der Waals surface area (Å²) in [7, 11) is 0. The van der Waals surface area contributed by atoms with Gasteiger partial charge in [0.15, 0.2) is 12.0 Å². The van der Waals surface area contributed by atoms with Crippen LogP contribution in [0.3, 0.4) is 0 Å². The first-order valence-corrected chi connectivity index (χ1v) is 3.47. The van der Waals surface area contributed by atoms with E-state index in [1.54, 1.807) is 0 Å². The third kappa shape index (κ3) is 0.562. The summed E-state index contributed by atoms with van der Waals surface area (Å²) >= 11 is 0. The maximum atomic E-state index is 12.7. The summed E-state index contributed by atoms with van der Waals surface area (Å²) in [5.41, 5.74) is 0. The average Bonchev–Trinajstić information content (AvgIpc) is 2.37. The normalized spacial score (nSPS) is 48.6. The van der Waals surface area contributed by atoms with Gasteiger partial charge in [0.25, 0.3) is 0 Å². The molecule has 2 aliphatic carbocycles. The lowest BCUT2D eigenvalue weighted by atomic mass is 9.98. The minimum atomic E-state index is -1.09. The Bertz CT molecular complexity index is 151. The molecule has 0 heterocycles. The molecular weight excluding hydrogens is 119 g/mol. The number of carbonyl (C=O) groups is 1. The standard InChI is InChI=1S/C7H9FO/c8-6-4-1-2-5(3-4)7(6)9/h4-6H,1-3H2/t4-,5+,6?/m0/s1. The molecule has 9 heavy (non-hydrogen) atoms. The van der Waals surface area contributed by atoms with Crippen LogP contribution in [0.15, 0.2) is 0 Å². The van der Waals surface area contributed by atoms with E-state index in [1.807, 2.05) is 0 Å². The van der Waals surface area contributed by atoms with E-state index in [4.69, 9.17) is 0 Å². The van der Waals surface area contributed by atoms with E-state index in [0.29, 0.717) is 0 Å². The molecule has 2 saturated carbocycles. The Balaban J connectivity index is 2.25. The predicted molar refractivity (Wildman–Crippen MR) is 30.7 cm³/mol. The smallest absolute Gasteiger partial charge is 0.170 e. The number of ketones is 1. The first-order valence-electron chi connectivity index (χ1n) is 3.47. The molecule has 2 bridgehead atoms. The molecule has 0 aromatic carbocycles. The summed E-state index contributed by atoms with van der Waals surface area (Å²) in [6.07, 6.45) is 1.63. The van der Waals surface area contributed by atoms with Crippen molar-refractivity contribution >= 4 is 5.78 Å². The third-order valence-electron chi connectivity index (χ3n) is 2.56. The molecule has 0 aliphatic heterocycles. The lowest BCUT2D eigenvalue weighted by molar-refractivity contribution is -0.126. The Hall–Kier alpha value is -0.400. The number of rotatable bonds is 0. The molecule has 0 N–H and O–H groups in total. The summed E-state index contributed by atoms with van der Waals surface area (Å²) < 4.78 is 12.7. The minimum absolute atomic E-state index is 0.0995. The van der Waals surface area contributed by atoms with E-state index in [-0.39, 0.29) is 17.6 Å². The number of halogens is 1. The highest BCUT2D eigenvalue weighted by Crippen LogP contribution is 2.43. The lowest BCUT2D eigenvalue weighted by Gasteiger charge is -2.10. The van der Waals surface area contributed by atoms with Gasteiger partial charge in [-0.15, -0.1) is 0 Å². The zero-order valence-electron chi connectivity index (χ0n) is 5.14. The van der Waals surface area contributed by atoms with Crippen molar-refractivity contribution in [2.75, 3.05) is 0 Å². The summed E-state index contributed by atoms with van der Waals surface area (Å²) in [5, 5.41) is 0. The van der Waals surface area contributed by atoms with Crippen LogP contribution in [-0.2, 0) is 4.79 Å². The summed E-state index contributed by atoms with van der Waals surface area (Å²) in [4.78, 5) is 10.8. The van der Waals surface area contributed by atoms with Gasteiger partial charge in [-0.1, -0.05) is 0 Å². The zero-order valence-corrected chi connectivity index (χ0v) is 5.14. The highest BCUT2D eigenvalue weighted by atomic mass is 19.1. The van der Waals surface area contributed by atoms with E-state index in [2.05, 4.69) is 0 Å². The van der Waals surface area contributed by atoms with Crippen LogP contribution in [0.2, 0.25) is 0 Å². The maximum Gasteiger partial charge on any atom is 0.170 e. The molecule has 50 valence electrons. The first kappa shape index (κ1) is 5.39. The molecule has 1 nitrogen and oxygen atoms in total. The van der Waals surface area contributed by atoms with Crippen molar-refractivity contribution < 1.29 is 9.18 Å². The summed E-state index contributed by atoms with van der Waals surface area (Å²) in [5.74, 6) is 0.0822. The SMILES string of the molecule is O=C1C(F)[C@H]2CC[C@@H]1C2. The number of Topliss-reactive ketones (excluding diaryl/α,β-unsaturated/α-hetero) is 1. The van der Waals surface area contributed by atoms with E-state index in [9.17, 15) is 9.18 Å². The zero-order chi connectivity index (χ0) is 6.43. The van der Waals surface area contributed by atoms with Crippen LogP contribution in [0.4, 0.5) is 4.39 Å². The average molecular weight is 128 g/mol. The van der Waals surface area contributed by atoms with Gasteiger partial charge in [0, 0.05) is 5.92 Å². The van der Waals surface area contributed by atoms with E-state index in [0.717, 1.165) is 19.3 Å². The van der Waals surface area contributed by atoms with Crippen molar-refractivity contribution in [3.05, 3.63) is 0 Å². The topological polar surface area (TPSA) is 17.1 Å². The number of fused-ring (bicyclic) bond motifs is 2.